The predicted molar refractivity (Wildman–Crippen MR) is 37.2 cm³/mol. The first-order chi connectivity index (χ1) is 5.25. The Labute approximate surface area is 69.0 Å². The summed E-state index contributed by atoms with van der Waals surface area (Å²) < 4.78 is 36.0. The van der Waals surface area contributed by atoms with Crippen molar-refractivity contribution in [2.75, 3.05) is 0 Å². The zero-order valence-electron chi connectivity index (χ0n) is 6.97. The highest BCUT2D eigenvalue weighted by molar-refractivity contribution is 4.70. The highest BCUT2D eigenvalue weighted by Gasteiger charge is 2.43. The summed E-state index contributed by atoms with van der Waals surface area (Å²) in [6.45, 7) is 3.20. The van der Waals surface area contributed by atoms with E-state index < -0.39 is 18.4 Å². The van der Waals surface area contributed by atoms with Gasteiger partial charge in [0, 0.05) is 0 Å². The fourth-order valence-corrected chi connectivity index (χ4v) is 0.932. The highest BCUT2D eigenvalue weighted by atomic mass is 19.4. The summed E-state index contributed by atoms with van der Waals surface area (Å²) in [6.07, 6.45) is -7.10. The van der Waals surface area contributed by atoms with Gasteiger partial charge in [0.25, 0.3) is 0 Å². The molecule has 0 fully saturated rings. The summed E-state index contributed by atoms with van der Waals surface area (Å²) in [4.78, 5) is 0. The van der Waals surface area contributed by atoms with Crippen molar-refractivity contribution in [3.05, 3.63) is 0 Å². The van der Waals surface area contributed by atoms with Gasteiger partial charge in [-0.3, -0.25) is 0 Å². The zero-order chi connectivity index (χ0) is 9.94. The van der Waals surface area contributed by atoms with E-state index in [-0.39, 0.29) is 12.3 Å². The van der Waals surface area contributed by atoms with Gasteiger partial charge in [0.15, 0.2) is 6.29 Å². The molecule has 74 valence electrons. The Balaban J connectivity index is 4.25. The molecule has 2 nitrogen and oxygen atoms in total. The summed E-state index contributed by atoms with van der Waals surface area (Å²) in [5.41, 5.74) is 0. The van der Waals surface area contributed by atoms with Crippen LogP contribution < -0.4 is 0 Å². The van der Waals surface area contributed by atoms with E-state index in [2.05, 4.69) is 0 Å². The molecule has 0 bridgehead atoms. The van der Waals surface area contributed by atoms with Gasteiger partial charge in [-0.1, -0.05) is 13.8 Å². The molecule has 0 aromatic heterocycles. The molecule has 0 heterocycles. The quantitative estimate of drug-likeness (QED) is 0.656. The van der Waals surface area contributed by atoms with Crippen LogP contribution in [0.25, 0.3) is 0 Å². The Hall–Kier alpha value is -0.290. The number of hydrogen-bond acceptors (Lipinski definition) is 2. The number of aliphatic hydroxyl groups excluding tert-OH is 1. The van der Waals surface area contributed by atoms with E-state index in [0.29, 0.717) is 0 Å². The molecule has 0 radical (unpaired) electrons. The van der Waals surface area contributed by atoms with Crippen molar-refractivity contribution in [1.82, 2.24) is 0 Å². The van der Waals surface area contributed by atoms with Crippen molar-refractivity contribution in [2.45, 2.75) is 32.7 Å². The lowest BCUT2D eigenvalue weighted by molar-refractivity contribution is -0.242. The summed E-state index contributed by atoms with van der Waals surface area (Å²) >= 11 is 0. The van der Waals surface area contributed by atoms with Gasteiger partial charge in [-0.2, -0.15) is 13.2 Å². The molecule has 0 saturated carbocycles. The fourth-order valence-electron chi connectivity index (χ4n) is 0.932. The summed E-state index contributed by atoms with van der Waals surface area (Å²) in [7, 11) is 0. The van der Waals surface area contributed by atoms with Crippen molar-refractivity contribution in [3.8, 4) is 0 Å². The topological polar surface area (TPSA) is 40.5 Å². The minimum atomic E-state index is -4.53. The van der Waals surface area contributed by atoms with Gasteiger partial charge >= 0.3 is 6.18 Å². The van der Waals surface area contributed by atoms with E-state index in [9.17, 15) is 13.2 Å². The Kier molecular flexibility index (Phi) is 3.99. The van der Waals surface area contributed by atoms with Crippen LogP contribution in [0.4, 0.5) is 13.2 Å². The normalized spacial score (nSPS) is 15.8. The number of rotatable bonds is 3. The van der Waals surface area contributed by atoms with Gasteiger partial charge < -0.3 is 10.2 Å². The van der Waals surface area contributed by atoms with Crippen molar-refractivity contribution < 1.29 is 23.4 Å². The van der Waals surface area contributed by atoms with Crippen LogP contribution in [-0.2, 0) is 0 Å². The van der Waals surface area contributed by atoms with Crippen LogP contribution in [0.2, 0.25) is 0 Å². The lowest BCUT2D eigenvalue weighted by atomic mass is 9.96. The second-order valence-corrected chi connectivity index (χ2v) is 3.19. The molecule has 0 rings (SSSR count). The van der Waals surface area contributed by atoms with E-state index in [1.807, 2.05) is 0 Å². The van der Waals surface area contributed by atoms with Gasteiger partial charge in [-0.15, -0.1) is 0 Å². The number of alkyl halides is 3. The Morgan fingerprint density at radius 2 is 1.58 bits per heavy atom. The first kappa shape index (κ1) is 11.7. The molecular weight excluding hydrogens is 173 g/mol. The molecule has 0 aromatic rings. The van der Waals surface area contributed by atoms with E-state index >= 15 is 0 Å². The Bertz CT molecular complexity index is 131. The third-order valence-corrected chi connectivity index (χ3v) is 1.51. The molecule has 0 aliphatic rings. The molecule has 0 aromatic carbocycles. The monoisotopic (exact) mass is 186 g/mol. The minimum Gasteiger partial charge on any atom is -0.368 e. The molecule has 12 heavy (non-hydrogen) atoms. The first-order valence-corrected chi connectivity index (χ1v) is 3.68. The maximum atomic E-state index is 12.0. The Morgan fingerprint density at radius 3 is 1.67 bits per heavy atom. The molecule has 0 aliphatic heterocycles. The maximum absolute atomic E-state index is 12.0. The van der Waals surface area contributed by atoms with Gasteiger partial charge in [0.2, 0.25) is 0 Å². The third kappa shape index (κ3) is 3.92. The molecule has 2 N–H and O–H groups in total. The first-order valence-electron chi connectivity index (χ1n) is 3.68. The number of hydrogen-bond donors (Lipinski definition) is 2. The molecular formula is C7H13F3O2. The van der Waals surface area contributed by atoms with Crippen LogP contribution in [0.5, 0.6) is 0 Å². The maximum Gasteiger partial charge on any atom is 0.396 e. The van der Waals surface area contributed by atoms with Crippen LogP contribution in [0, 0.1) is 11.8 Å². The predicted octanol–water partition coefficient (Wildman–Crippen LogP) is 1.52. The standard InChI is InChI=1S/C7H13F3O2/c1-4(2)3-5(6(11)12)7(8,9)10/h4-6,11-12H,3H2,1-2H3. The largest absolute Gasteiger partial charge is 0.396 e. The molecule has 0 saturated heterocycles. The second-order valence-electron chi connectivity index (χ2n) is 3.19. The molecule has 5 heteroatoms. The van der Waals surface area contributed by atoms with E-state index in [1.54, 1.807) is 13.8 Å². The second kappa shape index (κ2) is 4.09. The van der Waals surface area contributed by atoms with Gasteiger partial charge in [0.05, 0.1) is 0 Å². The van der Waals surface area contributed by atoms with Gasteiger partial charge in [-0.05, 0) is 12.3 Å². The molecule has 0 aliphatic carbocycles. The van der Waals surface area contributed by atoms with Crippen LogP contribution in [0.15, 0.2) is 0 Å². The lowest BCUT2D eigenvalue weighted by Gasteiger charge is -2.23. The molecule has 1 atom stereocenters. The zero-order valence-corrected chi connectivity index (χ0v) is 6.97. The average Bonchev–Trinajstić information content (AvgIpc) is 1.79. The van der Waals surface area contributed by atoms with Crippen LogP contribution in [0.3, 0.4) is 0 Å². The molecule has 1 unspecified atom stereocenters. The molecule has 0 spiro atoms. The van der Waals surface area contributed by atoms with Crippen molar-refractivity contribution in [1.29, 1.82) is 0 Å². The van der Waals surface area contributed by atoms with E-state index in [0.717, 1.165) is 0 Å². The smallest absolute Gasteiger partial charge is 0.368 e. The third-order valence-electron chi connectivity index (χ3n) is 1.51. The summed E-state index contributed by atoms with van der Waals surface area (Å²) in [5.74, 6) is -2.24. The van der Waals surface area contributed by atoms with Crippen LogP contribution in [0.1, 0.15) is 20.3 Å². The summed E-state index contributed by atoms with van der Waals surface area (Å²) in [5, 5.41) is 16.9. The Morgan fingerprint density at radius 1 is 1.17 bits per heavy atom. The summed E-state index contributed by atoms with van der Waals surface area (Å²) in [6, 6.07) is 0. The van der Waals surface area contributed by atoms with Gasteiger partial charge in [0.1, 0.15) is 5.92 Å². The van der Waals surface area contributed by atoms with E-state index in [4.69, 9.17) is 10.2 Å². The van der Waals surface area contributed by atoms with Crippen molar-refractivity contribution in [2.24, 2.45) is 11.8 Å². The number of aliphatic hydroxyl groups is 2. The number of halogens is 3. The minimum absolute atomic E-state index is 0.210. The van der Waals surface area contributed by atoms with Crippen molar-refractivity contribution in [3.63, 3.8) is 0 Å². The fraction of sp³-hybridized carbons (Fsp3) is 1.00. The SMILES string of the molecule is CC(C)CC(C(O)O)C(F)(F)F. The lowest BCUT2D eigenvalue weighted by Crippen LogP contribution is -2.34. The van der Waals surface area contributed by atoms with Crippen LogP contribution >= 0.6 is 0 Å². The van der Waals surface area contributed by atoms with Crippen LogP contribution in [-0.4, -0.2) is 22.7 Å². The highest BCUT2D eigenvalue weighted by Crippen LogP contribution is 2.32. The van der Waals surface area contributed by atoms with Crippen molar-refractivity contribution >= 4 is 0 Å². The average molecular weight is 186 g/mol. The van der Waals surface area contributed by atoms with Gasteiger partial charge in [-0.25, -0.2) is 0 Å². The molecule has 0 amide bonds. The van der Waals surface area contributed by atoms with E-state index in [1.165, 1.54) is 0 Å².